The van der Waals surface area contributed by atoms with Crippen molar-refractivity contribution in [2.75, 3.05) is 25.0 Å². The van der Waals surface area contributed by atoms with Crippen LogP contribution in [0.15, 0.2) is 24.3 Å². The first-order valence-corrected chi connectivity index (χ1v) is 18.5. The molecule has 1 heterocycles. The second kappa shape index (κ2) is 30.3. The number of nitrogens with one attached hydrogen (secondary N) is 4. The molecule has 0 spiro atoms. The van der Waals surface area contributed by atoms with Crippen molar-refractivity contribution in [3.63, 3.8) is 0 Å². The van der Waals surface area contributed by atoms with Crippen LogP contribution in [-0.2, 0) is 35.3 Å². The fraction of sp³-hybridized carbons (Fsp3) is 0.639. The zero-order chi connectivity index (χ0) is 40.1. The number of ether oxygens (including phenoxy) is 1. The lowest BCUT2D eigenvalue weighted by Crippen LogP contribution is -2.51. The summed E-state index contributed by atoms with van der Waals surface area (Å²) in [5.41, 5.74) is 5.80. The summed E-state index contributed by atoms with van der Waals surface area (Å²) in [5, 5.41) is 18.2. The molecule has 2 rings (SSSR count). The minimum absolute atomic E-state index is 0.112. The molecule has 2 atom stereocenters. The Morgan fingerprint density at radius 1 is 0.923 bits per heavy atom. The first kappa shape index (κ1) is 49.8. The molecule has 1 saturated heterocycles. The Kier molecular flexibility index (Phi) is 29.0. The topological polar surface area (TPSA) is 226 Å². The second-order valence-corrected chi connectivity index (χ2v) is 12.8. The summed E-state index contributed by atoms with van der Waals surface area (Å²) in [6, 6.07) is 5.09. The number of nitrogens with zero attached hydrogens (tertiary/aromatic N) is 1. The molecule has 2 unspecified atom stereocenters. The summed E-state index contributed by atoms with van der Waals surface area (Å²) >= 11 is 4.09. The molecule has 1 aromatic rings. The number of imide groups is 1. The molecule has 7 amide bonds. The predicted octanol–water partition coefficient (Wildman–Crippen LogP) is 4.98. The summed E-state index contributed by atoms with van der Waals surface area (Å²) in [4.78, 5) is 82.4. The molecule has 1 aliphatic heterocycles. The number of likely N-dealkylation sites (tertiary alicyclic amines) is 1. The van der Waals surface area contributed by atoms with Gasteiger partial charge in [0.25, 0.3) is 0 Å². The van der Waals surface area contributed by atoms with Crippen LogP contribution in [0.2, 0.25) is 0 Å². The number of primary amides is 1. The maximum absolute atomic E-state index is 12.6. The van der Waals surface area contributed by atoms with Gasteiger partial charge < -0.3 is 36.8 Å². The fourth-order valence-electron chi connectivity index (χ4n) is 3.97. The van der Waals surface area contributed by atoms with Gasteiger partial charge in [-0.2, -0.15) is 12.6 Å². The Bertz CT molecular complexity index is 1230. The first-order valence-electron chi connectivity index (χ1n) is 17.9. The summed E-state index contributed by atoms with van der Waals surface area (Å²) in [5.74, 6) is -1.99. The number of unbranched alkanes of at least 4 members (excludes halogenated alkanes) is 3. The maximum atomic E-state index is 12.6. The number of urea groups is 1. The molecule has 0 radical (unpaired) electrons. The summed E-state index contributed by atoms with van der Waals surface area (Å²) < 4.78 is 4.47. The Morgan fingerprint density at radius 3 is 1.96 bits per heavy atom. The van der Waals surface area contributed by atoms with Crippen molar-refractivity contribution in [3.8, 4) is 0 Å². The molecular formula is C36H62N6O9S. The van der Waals surface area contributed by atoms with E-state index in [0.29, 0.717) is 43.6 Å². The quantitative estimate of drug-likeness (QED) is 0.0492. The Labute approximate surface area is 314 Å². The van der Waals surface area contributed by atoms with Gasteiger partial charge in [-0.3, -0.25) is 28.9 Å². The van der Waals surface area contributed by atoms with E-state index in [9.17, 15) is 33.6 Å². The average Bonchev–Trinajstić information content (AvgIpc) is 3.34. The zero-order valence-corrected chi connectivity index (χ0v) is 32.8. The number of anilines is 1. The molecule has 0 aromatic heterocycles. The van der Waals surface area contributed by atoms with E-state index in [2.05, 4.69) is 66.3 Å². The molecule has 0 aliphatic carbocycles. The predicted molar refractivity (Wildman–Crippen MR) is 205 cm³/mol. The van der Waals surface area contributed by atoms with E-state index in [1.807, 2.05) is 6.92 Å². The zero-order valence-electron chi connectivity index (χ0n) is 31.9. The highest BCUT2D eigenvalue weighted by Gasteiger charge is 2.35. The van der Waals surface area contributed by atoms with E-state index >= 15 is 0 Å². The lowest BCUT2D eigenvalue weighted by atomic mass is 10.0. The number of carboxylic acid groups (broad SMARTS) is 1. The molecule has 0 saturated carbocycles. The number of benzene rings is 1. The van der Waals surface area contributed by atoms with Crippen molar-refractivity contribution >= 4 is 60.0 Å². The number of nitrogens with two attached hydrogens (primary N) is 1. The summed E-state index contributed by atoms with van der Waals surface area (Å²) in [6.07, 6.45) is 5.48. The Balaban J connectivity index is 0. The van der Waals surface area contributed by atoms with Crippen molar-refractivity contribution in [2.24, 2.45) is 11.7 Å². The SMILES string of the molecule is CC(C)C(NC(=O)CCCCCN1C(=O)CC(S)C1=O)C(=O)NCC(=O)Nc1ccc(COC(=O)O)cc1.CCC.CCCC.CCCNC(N)=O. The van der Waals surface area contributed by atoms with Crippen molar-refractivity contribution in [2.45, 2.75) is 124 Å². The summed E-state index contributed by atoms with van der Waals surface area (Å²) in [7, 11) is 0. The standard InChI is InChI=1S/C25H34N4O8S.C4H10N2O.C4H10.C3H8/c1-15(2)22(28-19(30)6-4-3-5-11-29-21(32)12-18(38)24(29)34)23(33)26-13-20(31)27-17-9-7-16(8-10-17)14-37-25(35)36;1-2-3-6-4(5)7;1-3-4-2;1-3-2/h7-10,15,18,22,38H,3-6,11-14H2,1-2H3,(H,26,33)(H,27,31)(H,28,30)(H,35,36);2-3H2,1H3,(H3,5,6,7);3-4H2,1-2H3;3H2,1-2H3. The average molecular weight is 755 g/mol. The van der Waals surface area contributed by atoms with E-state index in [-0.39, 0.29) is 49.6 Å². The van der Waals surface area contributed by atoms with Gasteiger partial charge in [-0.25, -0.2) is 9.59 Å². The van der Waals surface area contributed by atoms with Gasteiger partial charge in [0.15, 0.2) is 0 Å². The van der Waals surface area contributed by atoms with Gasteiger partial charge in [0.1, 0.15) is 12.6 Å². The van der Waals surface area contributed by atoms with E-state index in [4.69, 9.17) is 10.8 Å². The monoisotopic (exact) mass is 754 g/mol. The third-order valence-corrected chi connectivity index (χ3v) is 7.25. The van der Waals surface area contributed by atoms with Crippen LogP contribution in [0.3, 0.4) is 0 Å². The molecule has 296 valence electrons. The highest BCUT2D eigenvalue weighted by Crippen LogP contribution is 2.18. The van der Waals surface area contributed by atoms with Gasteiger partial charge in [0.2, 0.25) is 29.5 Å². The number of thiol groups is 1. The smallest absolute Gasteiger partial charge is 0.450 e. The van der Waals surface area contributed by atoms with Crippen molar-refractivity contribution < 1.29 is 43.4 Å². The van der Waals surface area contributed by atoms with Crippen LogP contribution in [0, 0.1) is 5.92 Å². The van der Waals surface area contributed by atoms with Crippen molar-refractivity contribution in [3.05, 3.63) is 29.8 Å². The highest BCUT2D eigenvalue weighted by molar-refractivity contribution is 7.81. The normalized spacial score (nSPS) is 13.6. The molecule has 0 bridgehead atoms. The molecular weight excluding hydrogens is 692 g/mol. The third-order valence-electron chi connectivity index (χ3n) is 6.84. The molecule has 7 N–H and O–H groups in total. The number of hydrogen-bond donors (Lipinski definition) is 7. The van der Waals surface area contributed by atoms with Crippen LogP contribution < -0.4 is 27.0 Å². The third kappa shape index (κ3) is 24.7. The second-order valence-electron chi connectivity index (χ2n) is 12.2. The van der Waals surface area contributed by atoms with Crippen LogP contribution >= 0.6 is 12.6 Å². The van der Waals surface area contributed by atoms with E-state index in [1.54, 1.807) is 38.1 Å². The van der Waals surface area contributed by atoms with Gasteiger partial charge in [-0.05, 0) is 42.9 Å². The molecule has 1 fully saturated rings. The largest absolute Gasteiger partial charge is 0.506 e. The summed E-state index contributed by atoms with van der Waals surface area (Å²) in [6.45, 7) is 14.7. The van der Waals surface area contributed by atoms with Crippen molar-refractivity contribution in [1.82, 2.24) is 20.9 Å². The molecule has 1 aliphatic rings. The maximum Gasteiger partial charge on any atom is 0.506 e. The van der Waals surface area contributed by atoms with Gasteiger partial charge in [0, 0.05) is 31.6 Å². The molecule has 16 heteroatoms. The number of rotatable bonds is 17. The van der Waals surface area contributed by atoms with E-state index in [0.717, 1.165) is 6.42 Å². The molecule has 15 nitrogen and oxygen atoms in total. The number of carbonyl (C=O) groups is 7. The minimum atomic E-state index is -1.38. The Morgan fingerprint density at radius 2 is 1.52 bits per heavy atom. The van der Waals surface area contributed by atoms with Crippen LogP contribution in [0.25, 0.3) is 0 Å². The molecule has 1 aromatic carbocycles. The Hall–Kier alpha value is -4.34. The van der Waals surface area contributed by atoms with Crippen LogP contribution in [0.1, 0.15) is 112 Å². The first-order chi connectivity index (χ1) is 24.6. The van der Waals surface area contributed by atoms with Gasteiger partial charge >= 0.3 is 12.2 Å². The lowest BCUT2D eigenvalue weighted by molar-refractivity contribution is -0.138. The number of amides is 7. The van der Waals surface area contributed by atoms with Crippen molar-refractivity contribution in [1.29, 1.82) is 0 Å². The number of carbonyl (C=O) groups excluding carboxylic acids is 6. The van der Waals surface area contributed by atoms with Gasteiger partial charge in [-0.15, -0.1) is 0 Å². The van der Waals surface area contributed by atoms with E-state index < -0.39 is 35.3 Å². The minimum Gasteiger partial charge on any atom is -0.450 e. The van der Waals surface area contributed by atoms with Crippen LogP contribution in [0.4, 0.5) is 15.3 Å². The highest BCUT2D eigenvalue weighted by atomic mass is 32.1. The van der Waals surface area contributed by atoms with Gasteiger partial charge in [-0.1, -0.05) is 86.3 Å². The van der Waals surface area contributed by atoms with Crippen LogP contribution in [-0.4, -0.2) is 82.7 Å². The van der Waals surface area contributed by atoms with Gasteiger partial charge in [0.05, 0.1) is 11.8 Å². The van der Waals surface area contributed by atoms with Crippen LogP contribution in [0.5, 0.6) is 0 Å². The number of hydrogen-bond acceptors (Lipinski definition) is 9. The lowest BCUT2D eigenvalue weighted by Gasteiger charge is -2.21. The van der Waals surface area contributed by atoms with E-state index in [1.165, 1.54) is 24.2 Å². The molecule has 52 heavy (non-hydrogen) atoms. The fourth-order valence-corrected chi connectivity index (χ4v) is 4.27.